The first-order valence-corrected chi connectivity index (χ1v) is 5.32. The summed E-state index contributed by atoms with van der Waals surface area (Å²) in [6, 6.07) is 3.17. The monoisotopic (exact) mass is 270 g/mol. The van der Waals surface area contributed by atoms with Gasteiger partial charge in [0.25, 0.3) is 0 Å². The quantitative estimate of drug-likeness (QED) is 0.624. The lowest BCUT2D eigenvalue weighted by atomic mass is 10.1. The predicted molar refractivity (Wildman–Crippen MR) is 60.7 cm³/mol. The third kappa shape index (κ3) is 2.65. The van der Waals surface area contributed by atoms with Gasteiger partial charge in [0.1, 0.15) is 5.75 Å². The van der Waals surface area contributed by atoms with Crippen LogP contribution in [-0.4, -0.2) is 18.7 Å². The predicted octanol–water partition coefficient (Wildman–Crippen LogP) is 2.86. The van der Waals surface area contributed by atoms with Crippen LogP contribution in [-0.2, 0) is 0 Å². The number of halogens is 1. The number of aldehydes is 1. The summed E-state index contributed by atoms with van der Waals surface area (Å²) in [7, 11) is 0. The highest BCUT2D eigenvalue weighted by Gasteiger charge is 2.11. The molecule has 1 aromatic rings. The van der Waals surface area contributed by atoms with E-state index in [-0.39, 0.29) is 5.78 Å². The Morgan fingerprint density at radius 2 is 2.20 bits per heavy atom. The molecule has 0 fully saturated rings. The summed E-state index contributed by atoms with van der Waals surface area (Å²) in [4.78, 5) is 22.0. The molecule has 0 aromatic heterocycles. The van der Waals surface area contributed by atoms with Gasteiger partial charge in [0, 0.05) is 10.0 Å². The van der Waals surface area contributed by atoms with Gasteiger partial charge in [-0.1, -0.05) is 15.9 Å². The van der Waals surface area contributed by atoms with Crippen LogP contribution in [0.4, 0.5) is 0 Å². The number of hydrogen-bond donors (Lipinski definition) is 0. The number of carbonyl (C=O) groups excluding carboxylic acids is 2. The minimum Gasteiger partial charge on any atom is -0.493 e. The molecular weight excluding hydrogens is 260 g/mol. The van der Waals surface area contributed by atoms with E-state index in [1.54, 1.807) is 12.1 Å². The van der Waals surface area contributed by atoms with Crippen LogP contribution in [0.3, 0.4) is 0 Å². The number of Topliss-reactive ketones (excluding diaryl/α,β-unsaturated/α-hetero) is 1. The number of rotatable bonds is 4. The summed E-state index contributed by atoms with van der Waals surface area (Å²) >= 11 is 3.24. The highest BCUT2D eigenvalue weighted by Crippen LogP contribution is 2.26. The van der Waals surface area contributed by atoms with Crippen LogP contribution in [0.5, 0.6) is 5.75 Å². The van der Waals surface area contributed by atoms with Crippen LogP contribution in [0.15, 0.2) is 16.6 Å². The van der Waals surface area contributed by atoms with Gasteiger partial charge in [-0.25, -0.2) is 0 Å². The van der Waals surface area contributed by atoms with Gasteiger partial charge in [0.05, 0.1) is 12.2 Å². The van der Waals surface area contributed by atoms with Crippen LogP contribution >= 0.6 is 15.9 Å². The van der Waals surface area contributed by atoms with Crippen molar-refractivity contribution < 1.29 is 14.3 Å². The van der Waals surface area contributed by atoms with E-state index in [1.807, 2.05) is 6.92 Å². The summed E-state index contributed by atoms with van der Waals surface area (Å²) in [6.07, 6.45) is 0.708. The molecule has 1 rings (SSSR count). The van der Waals surface area contributed by atoms with Gasteiger partial charge in [-0.3, -0.25) is 9.59 Å². The van der Waals surface area contributed by atoms with Gasteiger partial charge in [0.2, 0.25) is 0 Å². The molecule has 80 valence electrons. The van der Waals surface area contributed by atoms with Crippen molar-refractivity contribution in [2.45, 2.75) is 13.8 Å². The number of ether oxygens (including phenoxy) is 1. The highest BCUT2D eigenvalue weighted by molar-refractivity contribution is 9.10. The Morgan fingerprint density at radius 3 is 2.67 bits per heavy atom. The Kier molecular flexibility index (Phi) is 4.03. The van der Waals surface area contributed by atoms with Gasteiger partial charge in [-0.2, -0.15) is 0 Å². The molecule has 4 heteroatoms. The van der Waals surface area contributed by atoms with Crippen LogP contribution in [0.1, 0.15) is 34.6 Å². The molecule has 0 bridgehead atoms. The lowest BCUT2D eigenvalue weighted by Crippen LogP contribution is -2.01. The van der Waals surface area contributed by atoms with E-state index in [9.17, 15) is 9.59 Å². The maximum absolute atomic E-state index is 11.2. The van der Waals surface area contributed by atoms with E-state index in [2.05, 4.69) is 15.9 Å². The number of benzene rings is 1. The van der Waals surface area contributed by atoms with Gasteiger partial charge in [0.15, 0.2) is 12.1 Å². The van der Waals surface area contributed by atoms with Crippen LogP contribution < -0.4 is 4.74 Å². The SMILES string of the molecule is CCOc1cc(C(C)=O)c(Br)cc1C=O. The van der Waals surface area contributed by atoms with E-state index in [0.717, 1.165) is 0 Å². The normalized spacial score (nSPS) is 9.80. The molecule has 0 saturated heterocycles. The third-order valence-corrected chi connectivity index (χ3v) is 2.56. The van der Waals surface area contributed by atoms with Crippen molar-refractivity contribution in [2.75, 3.05) is 6.61 Å². The molecule has 0 unspecified atom stereocenters. The lowest BCUT2D eigenvalue weighted by molar-refractivity contribution is 0.101. The van der Waals surface area contributed by atoms with E-state index < -0.39 is 0 Å². The minimum absolute atomic E-state index is 0.0692. The van der Waals surface area contributed by atoms with Crippen molar-refractivity contribution in [3.63, 3.8) is 0 Å². The highest BCUT2D eigenvalue weighted by atomic mass is 79.9. The first-order chi connectivity index (χ1) is 7.10. The summed E-state index contributed by atoms with van der Waals surface area (Å²) in [6.45, 7) is 3.75. The van der Waals surface area contributed by atoms with Gasteiger partial charge < -0.3 is 4.74 Å². The van der Waals surface area contributed by atoms with Crippen LogP contribution in [0.2, 0.25) is 0 Å². The number of carbonyl (C=O) groups is 2. The molecule has 0 aliphatic rings. The molecule has 1 aromatic carbocycles. The average molecular weight is 271 g/mol. The maximum atomic E-state index is 11.2. The molecule has 3 nitrogen and oxygen atoms in total. The third-order valence-electron chi connectivity index (χ3n) is 1.91. The maximum Gasteiger partial charge on any atom is 0.161 e. The Hall–Kier alpha value is -1.16. The topological polar surface area (TPSA) is 43.4 Å². The molecule has 0 N–H and O–H groups in total. The van der Waals surface area contributed by atoms with Crippen molar-refractivity contribution in [1.82, 2.24) is 0 Å². The number of ketones is 1. The van der Waals surface area contributed by atoms with Gasteiger partial charge in [-0.15, -0.1) is 0 Å². The van der Waals surface area contributed by atoms with E-state index >= 15 is 0 Å². The Balaban J connectivity index is 3.29. The zero-order valence-electron chi connectivity index (χ0n) is 8.54. The average Bonchev–Trinajstić information content (AvgIpc) is 2.20. The first-order valence-electron chi connectivity index (χ1n) is 4.52. The Labute approximate surface area is 96.6 Å². The molecule has 0 saturated carbocycles. The van der Waals surface area contributed by atoms with E-state index in [1.165, 1.54) is 6.92 Å². The van der Waals surface area contributed by atoms with Crippen molar-refractivity contribution in [3.8, 4) is 5.75 Å². The summed E-state index contributed by atoms with van der Waals surface area (Å²) < 4.78 is 5.88. The summed E-state index contributed by atoms with van der Waals surface area (Å²) in [5, 5.41) is 0. The van der Waals surface area contributed by atoms with Crippen molar-refractivity contribution >= 4 is 28.0 Å². The second kappa shape index (κ2) is 5.07. The van der Waals surface area contributed by atoms with Crippen molar-refractivity contribution in [2.24, 2.45) is 0 Å². The molecule has 0 atom stereocenters. The first kappa shape index (κ1) is 11.9. The van der Waals surface area contributed by atoms with E-state index in [4.69, 9.17) is 4.74 Å². The molecule has 0 spiro atoms. The fraction of sp³-hybridized carbons (Fsp3) is 0.273. The molecular formula is C11H11BrO3. The molecule has 0 heterocycles. The zero-order chi connectivity index (χ0) is 11.4. The molecule has 0 radical (unpaired) electrons. The Morgan fingerprint density at radius 1 is 1.53 bits per heavy atom. The standard InChI is InChI=1S/C11H11BrO3/c1-3-15-11-5-9(7(2)14)10(12)4-8(11)6-13/h4-6H,3H2,1-2H3. The Bertz CT molecular complexity index is 399. The second-order valence-corrected chi connectivity index (χ2v) is 3.83. The molecule has 0 aliphatic heterocycles. The van der Waals surface area contributed by atoms with E-state index in [0.29, 0.717) is 34.2 Å². The fourth-order valence-electron chi connectivity index (χ4n) is 1.21. The largest absolute Gasteiger partial charge is 0.493 e. The minimum atomic E-state index is -0.0692. The van der Waals surface area contributed by atoms with Crippen molar-refractivity contribution in [1.29, 1.82) is 0 Å². The molecule has 15 heavy (non-hydrogen) atoms. The smallest absolute Gasteiger partial charge is 0.161 e. The summed E-state index contributed by atoms with van der Waals surface area (Å²) in [5.74, 6) is 0.376. The fourth-order valence-corrected chi connectivity index (χ4v) is 1.85. The second-order valence-electron chi connectivity index (χ2n) is 2.98. The van der Waals surface area contributed by atoms with Gasteiger partial charge >= 0.3 is 0 Å². The van der Waals surface area contributed by atoms with Crippen LogP contribution in [0, 0.1) is 0 Å². The summed E-state index contributed by atoms with van der Waals surface area (Å²) in [5.41, 5.74) is 0.956. The molecule has 0 aliphatic carbocycles. The number of hydrogen-bond acceptors (Lipinski definition) is 3. The van der Waals surface area contributed by atoms with Gasteiger partial charge in [-0.05, 0) is 26.0 Å². The lowest BCUT2D eigenvalue weighted by Gasteiger charge is -2.09. The van der Waals surface area contributed by atoms with Crippen LogP contribution in [0.25, 0.3) is 0 Å². The zero-order valence-corrected chi connectivity index (χ0v) is 10.1. The molecule has 0 amide bonds. The van der Waals surface area contributed by atoms with Crippen molar-refractivity contribution in [3.05, 3.63) is 27.7 Å².